The molecule has 23 heavy (non-hydrogen) atoms. The maximum atomic E-state index is 12.2. The Labute approximate surface area is 139 Å². The molecule has 0 aliphatic carbocycles. The van der Waals surface area contributed by atoms with Gasteiger partial charge >= 0.3 is 0 Å². The highest BCUT2D eigenvalue weighted by molar-refractivity contribution is 7.18. The summed E-state index contributed by atoms with van der Waals surface area (Å²) in [5.74, 6) is -0.0216. The lowest BCUT2D eigenvalue weighted by molar-refractivity contribution is -0.117. The van der Waals surface area contributed by atoms with Crippen LogP contribution < -0.4 is 5.32 Å². The summed E-state index contributed by atoms with van der Waals surface area (Å²) in [5, 5.41) is 3.94. The number of hydrogen-bond acceptors (Lipinski definition) is 4. The zero-order valence-electron chi connectivity index (χ0n) is 13.2. The molecule has 0 bridgehead atoms. The first-order chi connectivity index (χ1) is 11.1. The number of anilines is 1. The largest absolute Gasteiger partial charge is 0.325 e. The fourth-order valence-electron chi connectivity index (χ4n) is 2.34. The van der Waals surface area contributed by atoms with Crippen LogP contribution in [0.5, 0.6) is 0 Å². The Balaban J connectivity index is 1.65. The molecule has 1 atom stereocenters. The molecule has 0 radical (unpaired) electrons. The van der Waals surface area contributed by atoms with Crippen molar-refractivity contribution in [3.8, 4) is 0 Å². The van der Waals surface area contributed by atoms with Crippen LogP contribution in [0.4, 0.5) is 5.69 Å². The Hall–Kier alpha value is -2.24. The van der Waals surface area contributed by atoms with E-state index in [-0.39, 0.29) is 11.9 Å². The van der Waals surface area contributed by atoms with Crippen LogP contribution in [-0.2, 0) is 4.79 Å². The summed E-state index contributed by atoms with van der Waals surface area (Å²) >= 11 is 1.68. The summed E-state index contributed by atoms with van der Waals surface area (Å²) in [6.45, 7) is 2.40. The van der Waals surface area contributed by atoms with E-state index in [1.54, 1.807) is 11.3 Å². The van der Waals surface area contributed by atoms with Gasteiger partial charge in [-0.2, -0.15) is 0 Å². The van der Waals surface area contributed by atoms with Crippen molar-refractivity contribution in [1.82, 2.24) is 9.88 Å². The Morgan fingerprint density at radius 2 is 1.87 bits per heavy atom. The zero-order valence-corrected chi connectivity index (χ0v) is 14.0. The van der Waals surface area contributed by atoms with E-state index in [9.17, 15) is 4.79 Å². The van der Waals surface area contributed by atoms with Crippen molar-refractivity contribution < 1.29 is 4.79 Å². The summed E-state index contributed by atoms with van der Waals surface area (Å²) in [6.07, 6.45) is 0. The maximum absolute atomic E-state index is 12.2. The van der Waals surface area contributed by atoms with Crippen LogP contribution in [0.1, 0.15) is 18.0 Å². The van der Waals surface area contributed by atoms with Crippen LogP contribution in [0.3, 0.4) is 0 Å². The third-order valence-electron chi connectivity index (χ3n) is 3.78. The van der Waals surface area contributed by atoms with Gasteiger partial charge in [-0.25, -0.2) is 4.98 Å². The number of likely N-dealkylation sites (N-methyl/N-ethyl adjacent to an activating group) is 1. The average Bonchev–Trinajstić information content (AvgIpc) is 2.98. The molecule has 2 aromatic carbocycles. The van der Waals surface area contributed by atoms with Crippen LogP contribution in [0, 0.1) is 0 Å². The Bertz CT molecular complexity index is 767. The molecule has 3 aromatic rings. The van der Waals surface area contributed by atoms with E-state index in [1.165, 1.54) is 4.70 Å². The van der Waals surface area contributed by atoms with E-state index < -0.39 is 0 Å². The second-order valence-electron chi connectivity index (χ2n) is 5.53. The number of amides is 1. The Kier molecular flexibility index (Phi) is 4.69. The molecule has 1 heterocycles. The first kappa shape index (κ1) is 15.6. The van der Waals surface area contributed by atoms with Crippen molar-refractivity contribution in [2.45, 2.75) is 13.0 Å². The number of para-hydroxylation sites is 2. The second-order valence-corrected chi connectivity index (χ2v) is 6.59. The normalized spacial score (nSPS) is 12.5. The molecular weight excluding hydrogens is 306 g/mol. The van der Waals surface area contributed by atoms with Gasteiger partial charge in [-0.05, 0) is 38.2 Å². The van der Waals surface area contributed by atoms with Crippen molar-refractivity contribution in [3.63, 3.8) is 0 Å². The standard InChI is InChI=1S/C18H19N3OS/c1-13(18-20-15-10-6-7-11-16(15)23-18)21(2)12-17(22)19-14-8-4-3-5-9-14/h3-11,13H,12H2,1-2H3,(H,19,22)/t13-/m1/s1. The minimum atomic E-state index is -0.0216. The predicted molar refractivity (Wildman–Crippen MR) is 95.7 cm³/mol. The van der Waals surface area contributed by atoms with Crippen molar-refractivity contribution in [1.29, 1.82) is 0 Å². The van der Waals surface area contributed by atoms with E-state index in [4.69, 9.17) is 0 Å². The summed E-state index contributed by atoms with van der Waals surface area (Å²) in [7, 11) is 1.95. The monoisotopic (exact) mass is 325 g/mol. The maximum Gasteiger partial charge on any atom is 0.238 e. The van der Waals surface area contributed by atoms with Gasteiger partial charge in [0.1, 0.15) is 5.01 Å². The molecule has 118 valence electrons. The van der Waals surface area contributed by atoms with Gasteiger partial charge in [-0.3, -0.25) is 9.69 Å². The van der Waals surface area contributed by atoms with Crippen LogP contribution in [0.2, 0.25) is 0 Å². The smallest absolute Gasteiger partial charge is 0.238 e. The number of rotatable bonds is 5. The topological polar surface area (TPSA) is 45.2 Å². The van der Waals surface area contributed by atoms with Crippen LogP contribution in [0.15, 0.2) is 54.6 Å². The van der Waals surface area contributed by atoms with E-state index in [1.807, 2.05) is 60.5 Å². The lowest BCUT2D eigenvalue weighted by Gasteiger charge is -2.22. The highest BCUT2D eigenvalue weighted by atomic mass is 32.1. The van der Waals surface area contributed by atoms with Crippen LogP contribution in [-0.4, -0.2) is 29.4 Å². The first-order valence-electron chi connectivity index (χ1n) is 7.54. The Morgan fingerprint density at radius 3 is 2.61 bits per heavy atom. The summed E-state index contributed by atoms with van der Waals surface area (Å²) in [4.78, 5) is 18.8. The highest BCUT2D eigenvalue weighted by Crippen LogP contribution is 2.28. The number of thiazole rings is 1. The molecule has 1 N–H and O–H groups in total. The van der Waals surface area contributed by atoms with Crippen molar-refractivity contribution in [2.24, 2.45) is 0 Å². The number of aromatic nitrogens is 1. The van der Waals surface area contributed by atoms with E-state index in [2.05, 4.69) is 23.3 Å². The molecule has 0 saturated carbocycles. The summed E-state index contributed by atoms with van der Waals surface area (Å²) in [6, 6.07) is 17.7. The molecule has 3 rings (SSSR count). The molecule has 0 fully saturated rings. The zero-order chi connectivity index (χ0) is 16.2. The van der Waals surface area contributed by atoms with Crippen LogP contribution >= 0.6 is 11.3 Å². The third-order valence-corrected chi connectivity index (χ3v) is 4.99. The van der Waals surface area contributed by atoms with Gasteiger partial charge in [-0.15, -0.1) is 11.3 Å². The van der Waals surface area contributed by atoms with E-state index >= 15 is 0 Å². The SMILES string of the molecule is C[C@H](c1nc2ccccc2s1)N(C)CC(=O)Nc1ccccc1. The summed E-state index contributed by atoms with van der Waals surface area (Å²) in [5.41, 5.74) is 1.83. The Morgan fingerprint density at radius 1 is 1.17 bits per heavy atom. The van der Waals surface area contributed by atoms with E-state index in [0.717, 1.165) is 16.2 Å². The molecular formula is C18H19N3OS. The van der Waals surface area contributed by atoms with Gasteiger partial charge in [0.15, 0.2) is 0 Å². The van der Waals surface area contributed by atoms with Gasteiger partial charge in [0.05, 0.1) is 22.8 Å². The predicted octanol–water partition coefficient (Wildman–Crippen LogP) is 3.93. The van der Waals surface area contributed by atoms with Gasteiger partial charge in [0.25, 0.3) is 0 Å². The molecule has 0 unspecified atom stereocenters. The molecule has 5 heteroatoms. The average molecular weight is 325 g/mol. The minimum absolute atomic E-state index is 0.0216. The number of fused-ring (bicyclic) bond motifs is 1. The number of carbonyl (C=O) groups is 1. The summed E-state index contributed by atoms with van der Waals surface area (Å²) < 4.78 is 1.18. The van der Waals surface area contributed by atoms with E-state index in [0.29, 0.717) is 6.54 Å². The number of hydrogen-bond donors (Lipinski definition) is 1. The number of carbonyl (C=O) groups excluding carboxylic acids is 1. The first-order valence-corrected chi connectivity index (χ1v) is 8.36. The number of nitrogens with zero attached hydrogens (tertiary/aromatic N) is 2. The van der Waals surface area contributed by atoms with Gasteiger partial charge in [0.2, 0.25) is 5.91 Å². The fraction of sp³-hybridized carbons (Fsp3) is 0.222. The number of nitrogens with one attached hydrogen (secondary N) is 1. The van der Waals surface area contributed by atoms with Gasteiger partial charge in [0, 0.05) is 5.69 Å². The molecule has 1 aromatic heterocycles. The number of benzene rings is 2. The lowest BCUT2D eigenvalue weighted by Crippen LogP contribution is -2.32. The molecule has 0 aliphatic heterocycles. The van der Waals surface area contributed by atoms with Gasteiger partial charge in [-0.1, -0.05) is 30.3 Å². The van der Waals surface area contributed by atoms with Crippen molar-refractivity contribution in [2.75, 3.05) is 18.9 Å². The van der Waals surface area contributed by atoms with Crippen LogP contribution in [0.25, 0.3) is 10.2 Å². The molecule has 0 aliphatic rings. The van der Waals surface area contributed by atoms with Crippen molar-refractivity contribution >= 4 is 33.1 Å². The minimum Gasteiger partial charge on any atom is -0.325 e. The van der Waals surface area contributed by atoms with Crippen molar-refractivity contribution in [3.05, 3.63) is 59.6 Å². The molecule has 4 nitrogen and oxygen atoms in total. The third kappa shape index (κ3) is 3.75. The highest BCUT2D eigenvalue weighted by Gasteiger charge is 2.18. The molecule has 1 amide bonds. The quantitative estimate of drug-likeness (QED) is 0.773. The van der Waals surface area contributed by atoms with Gasteiger partial charge < -0.3 is 5.32 Å². The molecule has 0 spiro atoms. The lowest BCUT2D eigenvalue weighted by atomic mass is 10.3. The second kappa shape index (κ2) is 6.89. The fourth-order valence-corrected chi connectivity index (χ4v) is 3.43. The molecule has 0 saturated heterocycles.